The number of aliphatic hydroxyl groups is 1. The summed E-state index contributed by atoms with van der Waals surface area (Å²) in [4.78, 5) is 0. The van der Waals surface area contributed by atoms with Crippen LogP contribution in [0.15, 0.2) is 0 Å². The first-order valence-corrected chi connectivity index (χ1v) is 12.9. The van der Waals surface area contributed by atoms with Gasteiger partial charge in [0.05, 0.1) is 79.3 Å². The molecule has 0 fully saturated rings. The van der Waals surface area contributed by atoms with Crippen LogP contribution in [0.3, 0.4) is 0 Å². The van der Waals surface area contributed by atoms with E-state index in [0.717, 1.165) is 6.61 Å². The van der Waals surface area contributed by atoms with Crippen LogP contribution in [0.2, 0.25) is 0 Å². The second kappa shape index (κ2) is 28.8. The molecule has 0 aromatic heterocycles. The maximum atomic E-state index is 8.57. The summed E-state index contributed by atoms with van der Waals surface area (Å²) >= 11 is 0. The first-order valence-electron chi connectivity index (χ1n) is 12.9. The Labute approximate surface area is 197 Å². The molecule has 0 radical (unpaired) electrons. The third-order valence-electron chi connectivity index (χ3n) is 5.13. The quantitative estimate of drug-likeness (QED) is 0.174. The highest BCUT2D eigenvalue weighted by Crippen LogP contribution is 2.18. The van der Waals surface area contributed by atoms with Crippen molar-refractivity contribution in [2.45, 2.75) is 71.6 Å². The predicted molar refractivity (Wildman–Crippen MR) is 128 cm³/mol. The molecule has 0 aromatic rings. The Morgan fingerprint density at radius 3 is 1.28 bits per heavy atom. The number of aliphatic hydroxyl groups excluding tert-OH is 1. The lowest BCUT2D eigenvalue weighted by Gasteiger charge is -2.17. The molecule has 0 aliphatic rings. The minimum absolute atomic E-state index is 0.0425. The van der Waals surface area contributed by atoms with Gasteiger partial charge in [0.2, 0.25) is 0 Å². The standard InChI is InChI=1S/C25H52O7/c1-3-5-7-9-11-25(10-8-6-4-2)24-32-23-22-31-21-20-30-19-18-29-17-16-28-15-14-27-13-12-26/h25-26H,3-24H2,1-2H3. The number of hydrogen-bond donors (Lipinski definition) is 1. The van der Waals surface area contributed by atoms with Crippen molar-refractivity contribution >= 4 is 0 Å². The van der Waals surface area contributed by atoms with E-state index in [1.165, 1.54) is 57.8 Å². The number of ether oxygens (including phenoxy) is 6. The van der Waals surface area contributed by atoms with Crippen LogP contribution in [-0.4, -0.2) is 91.0 Å². The number of rotatable bonds is 28. The van der Waals surface area contributed by atoms with E-state index < -0.39 is 0 Å². The monoisotopic (exact) mass is 464 g/mol. The highest BCUT2D eigenvalue weighted by Gasteiger charge is 2.08. The molecule has 32 heavy (non-hydrogen) atoms. The molecule has 0 amide bonds. The topological polar surface area (TPSA) is 75.6 Å². The molecule has 0 bridgehead atoms. The van der Waals surface area contributed by atoms with Crippen LogP contribution < -0.4 is 0 Å². The number of hydrogen-bond acceptors (Lipinski definition) is 7. The van der Waals surface area contributed by atoms with Gasteiger partial charge in [-0.3, -0.25) is 0 Å². The van der Waals surface area contributed by atoms with E-state index in [2.05, 4.69) is 13.8 Å². The van der Waals surface area contributed by atoms with Gasteiger partial charge in [0, 0.05) is 6.61 Å². The fourth-order valence-electron chi connectivity index (χ4n) is 3.27. The third kappa shape index (κ3) is 26.0. The molecule has 7 heteroatoms. The molecule has 0 saturated heterocycles. The molecule has 1 atom stereocenters. The van der Waals surface area contributed by atoms with Crippen LogP contribution in [0.1, 0.15) is 71.6 Å². The lowest BCUT2D eigenvalue weighted by molar-refractivity contribution is -0.0200. The van der Waals surface area contributed by atoms with Gasteiger partial charge in [0.25, 0.3) is 0 Å². The predicted octanol–water partition coefficient (Wildman–Crippen LogP) is 4.25. The summed E-state index contributed by atoms with van der Waals surface area (Å²) < 4.78 is 32.8. The second-order valence-corrected chi connectivity index (χ2v) is 8.07. The van der Waals surface area contributed by atoms with Gasteiger partial charge in [-0.25, -0.2) is 0 Å². The van der Waals surface area contributed by atoms with Crippen LogP contribution in [0, 0.1) is 5.92 Å². The normalized spacial score (nSPS) is 12.5. The molecule has 0 heterocycles. The molecule has 0 saturated carbocycles. The highest BCUT2D eigenvalue weighted by atomic mass is 16.6. The van der Waals surface area contributed by atoms with Crippen LogP contribution in [0.25, 0.3) is 0 Å². The summed E-state index contributed by atoms with van der Waals surface area (Å²) in [5, 5.41) is 8.57. The van der Waals surface area contributed by atoms with E-state index in [1.807, 2.05) is 0 Å². The molecule has 0 aromatic carbocycles. The van der Waals surface area contributed by atoms with Crippen molar-refractivity contribution in [3.05, 3.63) is 0 Å². The smallest absolute Gasteiger partial charge is 0.0701 e. The maximum absolute atomic E-state index is 8.57. The van der Waals surface area contributed by atoms with E-state index >= 15 is 0 Å². The zero-order valence-electron chi connectivity index (χ0n) is 21.0. The summed E-state index contributed by atoms with van der Waals surface area (Å²) in [6.45, 7) is 11.4. The van der Waals surface area contributed by atoms with Gasteiger partial charge in [0.1, 0.15) is 0 Å². The lowest BCUT2D eigenvalue weighted by atomic mass is 9.95. The first-order chi connectivity index (χ1) is 15.8. The summed E-state index contributed by atoms with van der Waals surface area (Å²) in [5.41, 5.74) is 0. The summed E-state index contributed by atoms with van der Waals surface area (Å²) in [6.07, 6.45) is 11.8. The SMILES string of the molecule is CCCCCCC(CCCCC)COCCOCCOCCOCCOCCOCCO. The molecule has 194 valence electrons. The van der Waals surface area contributed by atoms with Crippen LogP contribution in [0.5, 0.6) is 0 Å². The van der Waals surface area contributed by atoms with Crippen molar-refractivity contribution < 1.29 is 33.5 Å². The maximum Gasteiger partial charge on any atom is 0.0701 e. The fourth-order valence-corrected chi connectivity index (χ4v) is 3.27. The molecule has 0 spiro atoms. The average molecular weight is 465 g/mol. The Hall–Kier alpha value is -0.280. The van der Waals surface area contributed by atoms with Gasteiger partial charge in [-0.1, -0.05) is 58.8 Å². The minimum atomic E-state index is 0.0425. The molecule has 0 aliphatic heterocycles. The van der Waals surface area contributed by atoms with Gasteiger partial charge in [-0.15, -0.1) is 0 Å². The van der Waals surface area contributed by atoms with E-state index in [-0.39, 0.29) is 6.61 Å². The van der Waals surface area contributed by atoms with E-state index in [4.69, 9.17) is 33.5 Å². The zero-order chi connectivity index (χ0) is 23.4. The molecule has 7 nitrogen and oxygen atoms in total. The Bertz CT molecular complexity index is 331. The van der Waals surface area contributed by atoms with Crippen molar-refractivity contribution in [2.75, 3.05) is 85.9 Å². The van der Waals surface area contributed by atoms with Crippen molar-refractivity contribution in [1.29, 1.82) is 0 Å². The van der Waals surface area contributed by atoms with Crippen molar-refractivity contribution in [2.24, 2.45) is 5.92 Å². The first kappa shape index (κ1) is 31.7. The lowest BCUT2D eigenvalue weighted by Crippen LogP contribution is -2.15. The zero-order valence-corrected chi connectivity index (χ0v) is 21.0. The summed E-state index contributed by atoms with van der Waals surface area (Å²) in [6, 6.07) is 0. The highest BCUT2D eigenvalue weighted by molar-refractivity contribution is 4.60. The Morgan fingerprint density at radius 2 is 0.844 bits per heavy atom. The molecular formula is C25H52O7. The van der Waals surface area contributed by atoms with Gasteiger partial charge < -0.3 is 33.5 Å². The summed E-state index contributed by atoms with van der Waals surface area (Å²) in [5.74, 6) is 0.701. The molecular weight excluding hydrogens is 412 g/mol. The number of unbranched alkanes of at least 4 members (excludes halogenated alkanes) is 5. The largest absolute Gasteiger partial charge is 0.394 e. The minimum Gasteiger partial charge on any atom is -0.394 e. The molecule has 1 N–H and O–H groups in total. The molecule has 0 aliphatic carbocycles. The van der Waals surface area contributed by atoms with Crippen LogP contribution in [-0.2, 0) is 28.4 Å². The van der Waals surface area contributed by atoms with Crippen molar-refractivity contribution in [3.63, 3.8) is 0 Å². The average Bonchev–Trinajstić information content (AvgIpc) is 2.80. The third-order valence-corrected chi connectivity index (χ3v) is 5.13. The van der Waals surface area contributed by atoms with Gasteiger partial charge in [0.15, 0.2) is 0 Å². The second-order valence-electron chi connectivity index (χ2n) is 8.07. The summed E-state index contributed by atoms with van der Waals surface area (Å²) in [7, 11) is 0. The van der Waals surface area contributed by atoms with Crippen molar-refractivity contribution in [1.82, 2.24) is 0 Å². The fraction of sp³-hybridized carbons (Fsp3) is 1.00. The van der Waals surface area contributed by atoms with Crippen LogP contribution >= 0.6 is 0 Å². The van der Waals surface area contributed by atoms with Crippen LogP contribution in [0.4, 0.5) is 0 Å². The van der Waals surface area contributed by atoms with Crippen molar-refractivity contribution in [3.8, 4) is 0 Å². The van der Waals surface area contributed by atoms with E-state index in [9.17, 15) is 0 Å². The Morgan fingerprint density at radius 1 is 0.469 bits per heavy atom. The van der Waals surface area contributed by atoms with Gasteiger partial charge >= 0.3 is 0 Å². The Balaban J connectivity index is 3.37. The molecule has 1 unspecified atom stereocenters. The van der Waals surface area contributed by atoms with Gasteiger partial charge in [-0.05, 0) is 18.8 Å². The molecule has 0 rings (SSSR count). The van der Waals surface area contributed by atoms with E-state index in [1.54, 1.807) is 0 Å². The van der Waals surface area contributed by atoms with E-state index in [0.29, 0.717) is 78.6 Å². The Kier molecular flexibility index (Phi) is 28.5. The van der Waals surface area contributed by atoms with Gasteiger partial charge in [-0.2, -0.15) is 0 Å².